The predicted molar refractivity (Wildman–Crippen MR) is 140 cm³/mol. The molecular weight excluding hydrogens is 470 g/mol. The molecule has 1 aromatic heterocycles. The number of rotatable bonds is 5. The number of carboxylic acids is 1. The molecule has 4 aromatic rings. The van der Waals surface area contributed by atoms with Crippen LogP contribution in [0.15, 0.2) is 85.2 Å². The van der Waals surface area contributed by atoms with Crippen molar-refractivity contribution < 1.29 is 19.1 Å². The van der Waals surface area contributed by atoms with E-state index in [4.69, 9.17) is 4.43 Å². The number of aromatic nitrogens is 2. The number of carbonyl (C=O) groups is 2. The maximum Gasteiger partial charge on any atom is 0.356 e. The molecule has 36 heavy (non-hydrogen) atoms. The summed E-state index contributed by atoms with van der Waals surface area (Å²) in [7, 11) is -2.88. The third-order valence-corrected chi connectivity index (χ3v) is 11.6. The van der Waals surface area contributed by atoms with Gasteiger partial charge < -0.3 is 14.8 Å². The van der Waals surface area contributed by atoms with Crippen molar-refractivity contribution >= 4 is 30.6 Å². The van der Waals surface area contributed by atoms with Crippen LogP contribution in [0.5, 0.6) is 5.75 Å². The minimum absolute atomic E-state index is 0.0695. The topological polar surface area (TPSA) is 93.4 Å². The quantitative estimate of drug-likeness (QED) is 0.410. The number of carbonyl (C=O) groups excluding carboxylic acids is 1. The molecule has 0 unspecified atom stereocenters. The van der Waals surface area contributed by atoms with E-state index in [1.54, 1.807) is 16.7 Å². The van der Waals surface area contributed by atoms with Gasteiger partial charge >= 0.3 is 14.3 Å². The van der Waals surface area contributed by atoms with Gasteiger partial charge in [0, 0.05) is 0 Å². The van der Waals surface area contributed by atoms with Gasteiger partial charge in [0.2, 0.25) is 0 Å². The Hall–Kier alpha value is -4.17. The Kier molecular flexibility index (Phi) is 5.76. The fourth-order valence-corrected chi connectivity index (χ4v) is 9.40. The lowest BCUT2D eigenvalue weighted by molar-refractivity contribution is 0.0688. The van der Waals surface area contributed by atoms with Gasteiger partial charge in [-0.2, -0.15) is 0 Å². The monoisotopic (exact) mass is 497 g/mol. The summed E-state index contributed by atoms with van der Waals surface area (Å²) in [6.07, 6.45) is 1.45. The molecule has 2 heterocycles. The summed E-state index contributed by atoms with van der Waals surface area (Å²) in [6.45, 7) is 6.65. The first-order chi connectivity index (χ1) is 17.2. The Balaban J connectivity index is 1.67. The molecule has 0 aliphatic carbocycles. The molecule has 0 spiro atoms. The number of benzene rings is 3. The second-order valence-corrected chi connectivity index (χ2v) is 14.1. The highest BCUT2D eigenvalue weighted by Gasteiger charge is 2.52. The minimum Gasteiger partial charge on any atom is -0.534 e. The van der Waals surface area contributed by atoms with Gasteiger partial charge in [-0.15, -0.1) is 0 Å². The average molecular weight is 498 g/mol. The highest BCUT2D eigenvalue weighted by atomic mass is 28.4. The SMILES string of the molecule is CC(C)(C)[Si](Oc1ccc2c(c1)C(=O)NCc1c(C(=O)O)ncn1-2)(c1ccccc1)c1ccccc1. The van der Waals surface area contributed by atoms with E-state index in [2.05, 4.69) is 55.3 Å². The smallest absolute Gasteiger partial charge is 0.356 e. The standard InChI is InChI=1S/C28H27N3O4Si/c1-28(2,3)36(20-10-6-4-7-11-20,21-12-8-5-9-13-21)35-19-14-15-23-22(16-19)26(32)29-17-24-25(27(33)34)30-18-31(23)24/h4-16,18H,17H2,1-3H3,(H,29,32)(H,33,34). The number of fused-ring (bicyclic) bond motifs is 3. The zero-order valence-corrected chi connectivity index (χ0v) is 21.4. The maximum absolute atomic E-state index is 13.1. The number of hydrogen-bond acceptors (Lipinski definition) is 4. The van der Waals surface area contributed by atoms with E-state index in [0.717, 1.165) is 10.4 Å². The Labute approximate surface area is 210 Å². The van der Waals surface area contributed by atoms with E-state index < -0.39 is 14.3 Å². The van der Waals surface area contributed by atoms with Gasteiger partial charge in [0.25, 0.3) is 5.91 Å². The van der Waals surface area contributed by atoms with Crippen molar-refractivity contribution in [1.29, 1.82) is 0 Å². The van der Waals surface area contributed by atoms with Crippen LogP contribution in [-0.2, 0) is 6.54 Å². The van der Waals surface area contributed by atoms with Gasteiger partial charge in [-0.1, -0.05) is 81.4 Å². The molecule has 0 saturated carbocycles. The van der Waals surface area contributed by atoms with Crippen LogP contribution in [0.4, 0.5) is 0 Å². The second-order valence-electron chi connectivity index (χ2n) is 9.84. The van der Waals surface area contributed by atoms with Crippen molar-refractivity contribution in [3.63, 3.8) is 0 Å². The summed E-state index contributed by atoms with van der Waals surface area (Å²) in [5, 5.41) is 14.3. The third-order valence-electron chi connectivity index (χ3n) is 6.65. The lowest BCUT2D eigenvalue weighted by Crippen LogP contribution is -2.68. The fourth-order valence-electron chi connectivity index (χ4n) is 4.98. The molecule has 0 saturated heterocycles. The molecule has 1 aliphatic rings. The van der Waals surface area contributed by atoms with Gasteiger partial charge in [0.1, 0.15) is 12.1 Å². The molecule has 182 valence electrons. The Bertz CT molecular complexity index is 1400. The molecule has 1 amide bonds. The predicted octanol–water partition coefficient (Wildman–Crippen LogP) is 3.75. The summed E-state index contributed by atoms with van der Waals surface area (Å²) < 4.78 is 8.72. The number of nitrogens with one attached hydrogen (secondary N) is 1. The molecule has 0 fully saturated rings. The van der Waals surface area contributed by atoms with E-state index in [1.807, 2.05) is 42.5 Å². The van der Waals surface area contributed by atoms with Crippen LogP contribution in [0.1, 0.15) is 47.3 Å². The third kappa shape index (κ3) is 3.79. The maximum atomic E-state index is 13.1. The second kappa shape index (κ2) is 8.80. The molecule has 7 nitrogen and oxygen atoms in total. The van der Waals surface area contributed by atoms with Gasteiger partial charge in [0.05, 0.1) is 23.5 Å². The first-order valence-electron chi connectivity index (χ1n) is 11.7. The first-order valence-corrected chi connectivity index (χ1v) is 13.7. The van der Waals surface area contributed by atoms with E-state index in [1.165, 1.54) is 6.33 Å². The van der Waals surface area contributed by atoms with Crippen LogP contribution in [0.25, 0.3) is 5.69 Å². The molecule has 5 rings (SSSR count). The van der Waals surface area contributed by atoms with Crippen molar-refractivity contribution in [1.82, 2.24) is 14.9 Å². The molecule has 0 radical (unpaired) electrons. The molecule has 8 heteroatoms. The van der Waals surface area contributed by atoms with Gasteiger partial charge in [-0.3, -0.25) is 9.36 Å². The Morgan fingerprint density at radius 1 is 1.00 bits per heavy atom. The zero-order chi connectivity index (χ0) is 25.5. The van der Waals surface area contributed by atoms with Gasteiger partial charge in [-0.25, -0.2) is 9.78 Å². The summed E-state index contributed by atoms with van der Waals surface area (Å²) in [6, 6.07) is 26.0. The number of hydrogen-bond donors (Lipinski definition) is 2. The van der Waals surface area contributed by atoms with Crippen molar-refractivity contribution in [3.05, 3.63) is 102 Å². The normalized spacial score (nSPS) is 13.2. The number of carboxylic acid groups (broad SMARTS) is 1. The summed E-state index contributed by atoms with van der Waals surface area (Å²) in [5.41, 5.74) is 1.32. The van der Waals surface area contributed by atoms with Crippen LogP contribution in [0, 0.1) is 0 Å². The van der Waals surface area contributed by atoms with Gasteiger partial charge in [0.15, 0.2) is 5.69 Å². The fraction of sp³-hybridized carbons (Fsp3) is 0.179. The highest BCUT2D eigenvalue weighted by molar-refractivity contribution is 7.00. The number of imidazole rings is 1. The van der Waals surface area contributed by atoms with E-state index >= 15 is 0 Å². The highest BCUT2D eigenvalue weighted by Crippen LogP contribution is 2.38. The number of amides is 1. The van der Waals surface area contributed by atoms with Crippen molar-refractivity contribution in [2.75, 3.05) is 0 Å². The molecule has 1 aliphatic heterocycles. The Morgan fingerprint density at radius 3 is 2.17 bits per heavy atom. The largest absolute Gasteiger partial charge is 0.534 e. The molecule has 0 bridgehead atoms. The van der Waals surface area contributed by atoms with Crippen molar-refractivity contribution in [2.24, 2.45) is 0 Å². The molecule has 0 atom stereocenters. The lowest BCUT2D eigenvalue weighted by Gasteiger charge is -2.43. The van der Waals surface area contributed by atoms with Gasteiger partial charge in [-0.05, 0) is 33.6 Å². The summed E-state index contributed by atoms with van der Waals surface area (Å²) >= 11 is 0. The van der Waals surface area contributed by atoms with Crippen LogP contribution in [0.3, 0.4) is 0 Å². The summed E-state index contributed by atoms with van der Waals surface area (Å²) in [5.74, 6) is -0.841. The van der Waals surface area contributed by atoms with E-state index in [9.17, 15) is 14.7 Å². The summed E-state index contributed by atoms with van der Waals surface area (Å²) in [4.78, 5) is 28.7. The van der Waals surface area contributed by atoms with Crippen molar-refractivity contribution in [2.45, 2.75) is 32.4 Å². The van der Waals surface area contributed by atoms with E-state index in [0.29, 0.717) is 22.7 Å². The van der Waals surface area contributed by atoms with Crippen molar-refractivity contribution in [3.8, 4) is 11.4 Å². The Morgan fingerprint density at radius 2 is 1.61 bits per heavy atom. The van der Waals surface area contributed by atoms with Crippen LogP contribution < -0.4 is 20.1 Å². The van der Waals surface area contributed by atoms with Crippen LogP contribution in [-0.4, -0.2) is 34.9 Å². The molecule has 2 N–H and O–H groups in total. The number of nitrogens with zero attached hydrogens (tertiary/aromatic N) is 2. The molecule has 3 aromatic carbocycles. The lowest BCUT2D eigenvalue weighted by atomic mass is 10.1. The number of aromatic carboxylic acids is 1. The molecular formula is C28H27N3O4Si. The first kappa shape index (κ1) is 23.6. The average Bonchev–Trinajstić information content (AvgIpc) is 3.24. The van der Waals surface area contributed by atoms with Crippen LogP contribution in [0.2, 0.25) is 5.04 Å². The zero-order valence-electron chi connectivity index (χ0n) is 20.4. The van der Waals surface area contributed by atoms with E-state index in [-0.39, 0.29) is 23.2 Å². The van der Waals surface area contributed by atoms with Crippen LogP contribution >= 0.6 is 0 Å². The minimum atomic E-state index is -2.88.